The summed E-state index contributed by atoms with van der Waals surface area (Å²) >= 11 is 0. The van der Waals surface area contributed by atoms with Crippen molar-refractivity contribution in [3.8, 4) is 5.75 Å². The maximum atomic E-state index is 12.1. The average molecular weight is 262 g/mol. The number of amides is 1. The van der Waals surface area contributed by atoms with Gasteiger partial charge in [0.1, 0.15) is 5.75 Å². The Balaban J connectivity index is 1.95. The first kappa shape index (κ1) is 13.9. The number of rotatable bonds is 3. The first-order valence-corrected chi connectivity index (χ1v) is 6.79. The summed E-state index contributed by atoms with van der Waals surface area (Å²) in [4.78, 5) is 12.1. The molecule has 0 aliphatic carbocycles. The molecule has 1 heterocycles. The van der Waals surface area contributed by atoms with Crippen molar-refractivity contribution in [2.45, 2.75) is 26.7 Å². The molecule has 1 atom stereocenters. The van der Waals surface area contributed by atoms with Crippen molar-refractivity contribution in [1.82, 2.24) is 10.6 Å². The van der Waals surface area contributed by atoms with Crippen LogP contribution in [0.5, 0.6) is 5.75 Å². The molecule has 1 fully saturated rings. The smallest absolute Gasteiger partial charge is 0.251 e. The van der Waals surface area contributed by atoms with E-state index in [-0.39, 0.29) is 17.1 Å². The second-order valence-electron chi connectivity index (χ2n) is 5.77. The SMILES string of the molecule is Cc1ccc(C(=O)NCC2(C)CCCNC2)cc1O. The van der Waals surface area contributed by atoms with Gasteiger partial charge in [-0.3, -0.25) is 4.79 Å². The van der Waals surface area contributed by atoms with E-state index in [1.807, 2.05) is 6.92 Å². The van der Waals surface area contributed by atoms with Gasteiger partial charge in [-0.1, -0.05) is 13.0 Å². The van der Waals surface area contributed by atoms with Gasteiger partial charge in [-0.05, 0) is 49.4 Å². The van der Waals surface area contributed by atoms with Crippen LogP contribution in [0, 0.1) is 12.3 Å². The molecular weight excluding hydrogens is 240 g/mol. The molecule has 0 radical (unpaired) electrons. The van der Waals surface area contributed by atoms with Crippen LogP contribution in [0.25, 0.3) is 0 Å². The highest BCUT2D eigenvalue weighted by Gasteiger charge is 2.27. The van der Waals surface area contributed by atoms with Gasteiger partial charge in [0.15, 0.2) is 0 Å². The van der Waals surface area contributed by atoms with Crippen LogP contribution in [-0.4, -0.2) is 30.6 Å². The van der Waals surface area contributed by atoms with E-state index in [1.165, 1.54) is 6.07 Å². The number of nitrogens with one attached hydrogen (secondary N) is 2. The lowest BCUT2D eigenvalue weighted by Gasteiger charge is -2.34. The largest absolute Gasteiger partial charge is 0.508 e. The first-order chi connectivity index (χ1) is 9.00. The van der Waals surface area contributed by atoms with Gasteiger partial charge >= 0.3 is 0 Å². The van der Waals surface area contributed by atoms with Crippen LogP contribution in [0.3, 0.4) is 0 Å². The zero-order valence-corrected chi connectivity index (χ0v) is 11.6. The lowest BCUT2D eigenvalue weighted by Crippen LogP contribution is -2.45. The fourth-order valence-electron chi connectivity index (χ4n) is 2.42. The Labute approximate surface area is 114 Å². The van der Waals surface area contributed by atoms with Gasteiger partial charge in [0.2, 0.25) is 0 Å². The summed E-state index contributed by atoms with van der Waals surface area (Å²) in [7, 11) is 0. The van der Waals surface area contributed by atoms with Crippen molar-refractivity contribution < 1.29 is 9.90 Å². The average Bonchev–Trinajstić information content (AvgIpc) is 2.40. The highest BCUT2D eigenvalue weighted by atomic mass is 16.3. The number of carbonyl (C=O) groups excluding carboxylic acids is 1. The lowest BCUT2D eigenvalue weighted by atomic mass is 9.83. The quantitative estimate of drug-likeness (QED) is 0.778. The van der Waals surface area contributed by atoms with E-state index in [0.29, 0.717) is 12.1 Å². The molecule has 19 heavy (non-hydrogen) atoms. The third-order valence-corrected chi connectivity index (χ3v) is 3.83. The summed E-state index contributed by atoms with van der Waals surface area (Å²) in [6.45, 7) is 6.66. The van der Waals surface area contributed by atoms with Gasteiger partial charge in [-0.2, -0.15) is 0 Å². The molecule has 1 saturated heterocycles. The number of phenolic OH excluding ortho intramolecular Hbond substituents is 1. The third kappa shape index (κ3) is 3.47. The van der Waals surface area contributed by atoms with Crippen molar-refractivity contribution in [2.24, 2.45) is 5.41 Å². The Bertz CT molecular complexity index is 465. The van der Waals surface area contributed by atoms with Gasteiger partial charge in [0.05, 0.1) is 0 Å². The van der Waals surface area contributed by atoms with Gasteiger partial charge < -0.3 is 15.7 Å². The predicted octanol–water partition coefficient (Wildman–Crippen LogP) is 1.82. The number of hydrogen-bond acceptors (Lipinski definition) is 3. The van der Waals surface area contributed by atoms with E-state index in [2.05, 4.69) is 17.6 Å². The van der Waals surface area contributed by atoms with Crippen molar-refractivity contribution in [3.05, 3.63) is 29.3 Å². The van der Waals surface area contributed by atoms with Crippen LogP contribution in [0.15, 0.2) is 18.2 Å². The fraction of sp³-hybridized carbons (Fsp3) is 0.533. The summed E-state index contributed by atoms with van der Waals surface area (Å²) < 4.78 is 0. The minimum atomic E-state index is -0.123. The topological polar surface area (TPSA) is 61.4 Å². The molecule has 1 aromatic rings. The van der Waals surface area contributed by atoms with Crippen LogP contribution in [0.1, 0.15) is 35.7 Å². The molecule has 0 saturated carbocycles. The maximum absolute atomic E-state index is 12.1. The fourth-order valence-corrected chi connectivity index (χ4v) is 2.42. The van der Waals surface area contributed by atoms with Crippen LogP contribution >= 0.6 is 0 Å². The molecule has 1 aliphatic heterocycles. The number of carbonyl (C=O) groups is 1. The number of benzene rings is 1. The van der Waals surface area contributed by atoms with Crippen molar-refractivity contribution in [3.63, 3.8) is 0 Å². The number of piperidine rings is 1. The second kappa shape index (κ2) is 5.61. The molecule has 0 bridgehead atoms. The van der Waals surface area contributed by atoms with Gasteiger partial charge in [0, 0.05) is 18.7 Å². The summed E-state index contributed by atoms with van der Waals surface area (Å²) in [6, 6.07) is 5.02. The van der Waals surface area contributed by atoms with Crippen LogP contribution < -0.4 is 10.6 Å². The molecule has 1 aliphatic rings. The molecular formula is C15H22N2O2. The Hall–Kier alpha value is -1.55. The number of aromatic hydroxyl groups is 1. The Morgan fingerprint density at radius 2 is 2.32 bits per heavy atom. The molecule has 1 unspecified atom stereocenters. The Morgan fingerprint density at radius 1 is 1.53 bits per heavy atom. The summed E-state index contributed by atoms with van der Waals surface area (Å²) in [6.07, 6.45) is 2.27. The predicted molar refractivity (Wildman–Crippen MR) is 75.4 cm³/mol. The van der Waals surface area contributed by atoms with E-state index >= 15 is 0 Å². The third-order valence-electron chi connectivity index (χ3n) is 3.83. The van der Waals surface area contributed by atoms with Crippen molar-refractivity contribution >= 4 is 5.91 Å². The molecule has 0 spiro atoms. The highest BCUT2D eigenvalue weighted by Crippen LogP contribution is 2.24. The summed E-state index contributed by atoms with van der Waals surface area (Å²) in [5, 5.41) is 16.0. The summed E-state index contributed by atoms with van der Waals surface area (Å²) in [5.41, 5.74) is 1.41. The zero-order valence-electron chi connectivity index (χ0n) is 11.6. The second-order valence-corrected chi connectivity index (χ2v) is 5.77. The number of aryl methyl sites for hydroxylation is 1. The Morgan fingerprint density at radius 3 is 2.95 bits per heavy atom. The van der Waals surface area contributed by atoms with Crippen LogP contribution in [-0.2, 0) is 0 Å². The van der Waals surface area contributed by atoms with E-state index in [0.717, 1.165) is 31.5 Å². The molecule has 1 aromatic carbocycles. The van der Waals surface area contributed by atoms with Gasteiger partial charge in [-0.15, -0.1) is 0 Å². The van der Waals surface area contributed by atoms with E-state index in [9.17, 15) is 9.90 Å². The molecule has 3 N–H and O–H groups in total. The highest BCUT2D eigenvalue weighted by molar-refractivity contribution is 5.94. The van der Waals surface area contributed by atoms with Crippen LogP contribution in [0.4, 0.5) is 0 Å². The normalized spacial score (nSPS) is 23.1. The minimum absolute atomic E-state index is 0.123. The monoisotopic (exact) mass is 262 g/mol. The molecule has 0 aromatic heterocycles. The number of phenols is 1. The van der Waals surface area contributed by atoms with Gasteiger partial charge in [0.25, 0.3) is 5.91 Å². The van der Waals surface area contributed by atoms with E-state index < -0.39 is 0 Å². The van der Waals surface area contributed by atoms with E-state index in [4.69, 9.17) is 0 Å². The molecule has 4 nitrogen and oxygen atoms in total. The minimum Gasteiger partial charge on any atom is -0.508 e. The lowest BCUT2D eigenvalue weighted by molar-refractivity contribution is 0.0924. The van der Waals surface area contributed by atoms with Crippen LogP contribution in [0.2, 0.25) is 0 Å². The standard InChI is InChI=1S/C15H22N2O2/c1-11-4-5-12(8-13(11)18)14(19)17-10-15(2)6-3-7-16-9-15/h4-5,8,16,18H,3,6-7,9-10H2,1-2H3,(H,17,19). The molecule has 104 valence electrons. The van der Waals surface area contributed by atoms with E-state index in [1.54, 1.807) is 12.1 Å². The summed E-state index contributed by atoms with van der Waals surface area (Å²) in [5.74, 6) is 0.0419. The molecule has 4 heteroatoms. The zero-order chi connectivity index (χ0) is 13.9. The Kier molecular flexibility index (Phi) is 4.10. The molecule has 2 rings (SSSR count). The van der Waals surface area contributed by atoms with Crippen molar-refractivity contribution in [1.29, 1.82) is 0 Å². The van der Waals surface area contributed by atoms with Crippen molar-refractivity contribution in [2.75, 3.05) is 19.6 Å². The first-order valence-electron chi connectivity index (χ1n) is 6.79. The molecule has 1 amide bonds. The maximum Gasteiger partial charge on any atom is 0.251 e. The number of hydrogen-bond donors (Lipinski definition) is 3. The van der Waals surface area contributed by atoms with Gasteiger partial charge in [-0.25, -0.2) is 0 Å².